The summed E-state index contributed by atoms with van der Waals surface area (Å²) in [5.74, 6) is -0.214. The number of carbonyl (C=O) groups is 1. The van der Waals surface area contributed by atoms with Crippen molar-refractivity contribution < 1.29 is 9.53 Å². The first-order chi connectivity index (χ1) is 5.26. The fourth-order valence-electron chi connectivity index (χ4n) is 0.807. The molecule has 1 unspecified atom stereocenters. The van der Waals surface area contributed by atoms with Gasteiger partial charge in [0.2, 0.25) is 0 Å². The number of halogens is 1. The predicted octanol–water partition coefficient (Wildman–Crippen LogP) is 1.14. The van der Waals surface area contributed by atoms with Crippen LogP contribution in [0.25, 0.3) is 0 Å². The van der Waals surface area contributed by atoms with E-state index in [2.05, 4.69) is 16.6 Å². The van der Waals surface area contributed by atoms with Crippen molar-refractivity contribution in [1.82, 2.24) is 5.32 Å². The average Bonchev–Trinajstić information content (AvgIpc) is 2.05. The van der Waals surface area contributed by atoms with Gasteiger partial charge in [0.05, 0.1) is 7.11 Å². The molecule has 0 rings (SSSR count). The Kier molecular flexibility index (Phi) is 9.99. The number of carbonyl (C=O) groups excluding carboxylic acids is 1. The Bertz CT molecular complexity index is 139. The monoisotopic (exact) mass is 193 g/mol. The zero-order valence-electron chi connectivity index (χ0n) is 7.50. The molecular formula is C8H16ClNO2. The van der Waals surface area contributed by atoms with Gasteiger partial charge in [-0.15, -0.1) is 19.0 Å². The Morgan fingerprint density at radius 2 is 2.33 bits per heavy atom. The zero-order chi connectivity index (χ0) is 8.69. The second-order valence-electron chi connectivity index (χ2n) is 2.23. The first-order valence-corrected chi connectivity index (χ1v) is 3.62. The van der Waals surface area contributed by atoms with Crippen molar-refractivity contribution in [3.8, 4) is 0 Å². The van der Waals surface area contributed by atoms with Gasteiger partial charge in [0.15, 0.2) is 0 Å². The molecular weight excluding hydrogens is 178 g/mol. The molecule has 72 valence electrons. The summed E-state index contributed by atoms with van der Waals surface area (Å²) in [4.78, 5) is 10.9. The molecule has 0 bridgehead atoms. The number of likely N-dealkylation sites (N-methyl/N-ethyl adjacent to an activating group) is 1. The molecule has 12 heavy (non-hydrogen) atoms. The molecule has 0 aromatic carbocycles. The van der Waals surface area contributed by atoms with E-state index in [-0.39, 0.29) is 24.4 Å². The second-order valence-corrected chi connectivity index (χ2v) is 2.23. The predicted molar refractivity (Wildman–Crippen MR) is 51.5 cm³/mol. The van der Waals surface area contributed by atoms with Crippen LogP contribution in [0.15, 0.2) is 12.7 Å². The van der Waals surface area contributed by atoms with Gasteiger partial charge in [0, 0.05) is 0 Å². The molecule has 0 aromatic heterocycles. The van der Waals surface area contributed by atoms with E-state index in [0.717, 1.165) is 12.8 Å². The van der Waals surface area contributed by atoms with Gasteiger partial charge >= 0.3 is 5.97 Å². The molecule has 1 N–H and O–H groups in total. The van der Waals surface area contributed by atoms with Gasteiger partial charge in [-0.1, -0.05) is 6.08 Å². The number of rotatable bonds is 5. The first-order valence-electron chi connectivity index (χ1n) is 3.62. The molecule has 0 amide bonds. The summed E-state index contributed by atoms with van der Waals surface area (Å²) in [6.45, 7) is 3.57. The van der Waals surface area contributed by atoms with E-state index in [0.29, 0.717) is 0 Å². The minimum atomic E-state index is -0.214. The van der Waals surface area contributed by atoms with Crippen LogP contribution in [-0.4, -0.2) is 26.2 Å². The molecule has 0 aliphatic heterocycles. The number of methoxy groups -OCH3 is 1. The highest BCUT2D eigenvalue weighted by molar-refractivity contribution is 5.85. The fourth-order valence-corrected chi connectivity index (χ4v) is 0.807. The Morgan fingerprint density at radius 3 is 2.67 bits per heavy atom. The standard InChI is InChI=1S/C8H15NO2.ClH/c1-4-5-6-7(9-2)8(10)11-3;/h4,7,9H,1,5-6H2,2-3H3;1H. The number of ether oxygens (including phenoxy) is 1. The van der Waals surface area contributed by atoms with Crippen LogP contribution < -0.4 is 5.32 Å². The van der Waals surface area contributed by atoms with Crippen LogP contribution in [0.5, 0.6) is 0 Å². The quantitative estimate of drug-likeness (QED) is 0.526. The van der Waals surface area contributed by atoms with Crippen molar-refractivity contribution in [2.75, 3.05) is 14.2 Å². The van der Waals surface area contributed by atoms with Gasteiger partial charge in [-0.2, -0.15) is 0 Å². The SMILES string of the molecule is C=CCCC(NC)C(=O)OC.Cl. The van der Waals surface area contributed by atoms with Crippen molar-refractivity contribution in [1.29, 1.82) is 0 Å². The van der Waals surface area contributed by atoms with E-state index in [4.69, 9.17) is 0 Å². The van der Waals surface area contributed by atoms with Crippen LogP contribution in [0.3, 0.4) is 0 Å². The van der Waals surface area contributed by atoms with Gasteiger partial charge in [-0.3, -0.25) is 4.79 Å². The third-order valence-corrected chi connectivity index (χ3v) is 1.49. The summed E-state index contributed by atoms with van der Waals surface area (Å²) in [6.07, 6.45) is 3.35. The van der Waals surface area contributed by atoms with Crippen LogP contribution in [0.2, 0.25) is 0 Å². The molecule has 0 radical (unpaired) electrons. The maximum absolute atomic E-state index is 10.9. The van der Waals surface area contributed by atoms with E-state index in [1.807, 2.05) is 0 Å². The van der Waals surface area contributed by atoms with E-state index < -0.39 is 0 Å². The lowest BCUT2D eigenvalue weighted by molar-refractivity contribution is -0.143. The number of hydrogen-bond acceptors (Lipinski definition) is 3. The van der Waals surface area contributed by atoms with Crippen LogP contribution in [-0.2, 0) is 9.53 Å². The van der Waals surface area contributed by atoms with E-state index in [9.17, 15) is 4.79 Å². The summed E-state index contributed by atoms with van der Waals surface area (Å²) in [5.41, 5.74) is 0. The zero-order valence-corrected chi connectivity index (χ0v) is 8.32. The van der Waals surface area contributed by atoms with Crippen molar-refractivity contribution in [2.24, 2.45) is 0 Å². The van der Waals surface area contributed by atoms with E-state index >= 15 is 0 Å². The largest absolute Gasteiger partial charge is 0.468 e. The number of allylic oxidation sites excluding steroid dienone is 1. The Morgan fingerprint density at radius 1 is 1.75 bits per heavy atom. The average molecular weight is 194 g/mol. The van der Waals surface area contributed by atoms with Crippen LogP contribution in [0, 0.1) is 0 Å². The van der Waals surface area contributed by atoms with E-state index in [1.54, 1.807) is 13.1 Å². The molecule has 0 aliphatic carbocycles. The summed E-state index contributed by atoms with van der Waals surface area (Å²) in [6, 6.07) is -0.196. The highest BCUT2D eigenvalue weighted by Gasteiger charge is 2.14. The van der Waals surface area contributed by atoms with Gasteiger partial charge in [0.1, 0.15) is 6.04 Å². The molecule has 3 nitrogen and oxygen atoms in total. The second kappa shape index (κ2) is 8.56. The van der Waals surface area contributed by atoms with Crippen LogP contribution in [0.4, 0.5) is 0 Å². The molecule has 4 heteroatoms. The molecule has 0 fully saturated rings. The molecule has 0 aromatic rings. The lowest BCUT2D eigenvalue weighted by atomic mass is 10.1. The number of esters is 1. The molecule has 0 saturated heterocycles. The van der Waals surface area contributed by atoms with Crippen molar-refractivity contribution >= 4 is 18.4 Å². The van der Waals surface area contributed by atoms with Gasteiger partial charge < -0.3 is 10.1 Å². The molecule has 1 atom stereocenters. The van der Waals surface area contributed by atoms with E-state index in [1.165, 1.54) is 7.11 Å². The van der Waals surface area contributed by atoms with Crippen molar-refractivity contribution in [2.45, 2.75) is 18.9 Å². The minimum absolute atomic E-state index is 0. The third-order valence-electron chi connectivity index (χ3n) is 1.49. The first kappa shape index (κ1) is 14.0. The highest BCUT2D eigenvalue weighted by atomic mass is 35.5. The molecule has 0 saturated carbocycles. The maximum Gasteiger partial charge on any atom is 0.322 e. The normalized spacial score (nSPS) is 11.2. The lowest BCUT2D eigenvalue weighted by Crippen LogP contribution is -2.34. The summed E-state index contributed by atoms with van der Waals surface area (Å²) >= 11 is 0. The van der Waals surface area contributed by atoms with Gasteiger partial charge in [-0.25, -0.2) is 0 Å². The van der Waals surface area contributed by atoms with Crippen LogP contribution in [0.1, 0.15) is 12.8 Å². The van der Waals surface area contributed by atoms with Gasteiger partial charge in [0.25, 0.3) is 0 Å². The smallest absolute Gasteiger partial charge is 0.322 e. The summed E-state index contributed by atoms with van der Waals surface area (Å²) < 4.78 is 4.56. The topological polar surface area (TPSA) is 38.3 Å². The van der Waals surface area contributed by atoms with Crippen molar-refractivity contribution in [3.63, 3.8) is 0 Å². The van der Waals surface area contributed by atoms with Crippen molar-refractivity contribution in [3.05, 3.63) is 12.7 Å². The van der Waals surface area contributed by atoms with Gasteiger partial charge in [-0.05, 0) is 19.9 Å². The minimum Gasteiger partial charge on any atom is -0.468 e. The maximum atomic E-state index is 10.9. The fraction of sp³-hybridized carbons (Fsp3) is 0.625. The Hall–Kier alpha value is -0.540. The highest BCUT2D eigenvalue weighted by Crippen LogP contribution is 1.98. The Labute approximate surface area is 79.6 Å². The van der Waals surface area contributed by atoms with Crippen LogP contribution >= 0.6 is 12.4 Å². The summed E-state index contributed by atoms with van der Waals surface area (Å²) in [5, 5.41) is 2.87. The number of hydrogen-bond donors (Lipinski definition) is 1. The Balaban J connectivity index is 0. The molecule has 0 spiro atoms. The lowest BCUT2D eigenvalue weighted by Gasteiger charge is -2.11. The summed E-state index contributed by atoms with van der Waals surface area (Å²) in [7, 11) is 3.13. The molecule has 0 aliphatic rings. The molecule has 0 heterocycles. The third kappa shape index (κ3) is 5.16. The number of nitrogens with one attached hydrogen (secondary N) is 1.